The summed E-state index contributed by atoms with van der Waals surface area (Å²) in [5.74, 6) is -6.24. The van der Waals surface area contributed by atoms with Gasteiger partial charge in [-0.15, -0.1) is 0 Å². The van der Waals surface area contributed by atoms with E-state index in [-0.39, 0.29) is 86.7 Å². The molecule has 8 amide bonds. The number of nitrogens with zero attached hydrogens (tertiary/aromatic N) is 3. The van der Waals surface area contributed by atoms with Crippen molar-refractivity contribution in [3.8, 4) is 5.75 Å². The van der Waals surface area contributed by atoms with Crippen LogP contribution in [0.4, 0.5) is 0 Å². The molecule has 2 unspecified atom stereocenters. The quantitative estimate of drug-likeness (QED) is 0.0225. The Kier molecular flexibility index (Phi) is 26.2. The number of aromatic hydroxyl groups is 1. The Bertz CT molecular complexity index is 2220. The predicted molar refractivity (Wildman–Crippen MR) is 282 cm³/mol. The Balaban J connectivity index is 1.99. The van der Waals surface area contributed by atoms with Gasteiger partial charge in [0.15, 0.2) is 11.9 Å². The molecule has 18 N–H and O–H groups in total. The Labute approximate surface area is 433 Å². The number of likely N-dealkylation sites (N-methyl/N-ethyl adjacent to an activating group) is 2. The summed E-state index contributed by atoms with van der Waals surface area (Å²) in [6.07, 6.45) is 1.05. The van der Waals surface area contributed by atoms with Crippen LogP contribution in [0.3, 0.4) is 0 Å². The highest BCUT2D eigenvalue weighted by molar-refractivity contribution is 8.76. The van der Waals surface area contributed by atoms with Gasteiger partial charge in [-0.25, -0.2) is 0 Å². The summed E-state index contributed by atoms with van der Waals surface area (Å²) >= 11 is 0. The van der Waals surface area contributed by atoms with Crippen LogP contribution < -0.4 is 65.9 Å². The van der Waals surface area contributed by atoms with Crippen LogP contribution in [0.15, 0.2) is 64.6 Å². The SMILES string of the molecule is CCNC(=O)[C@@H](NC(=O)[C@H](CCCN=C(N)N)N(C)C(=O)[C@H](CCCN=C(N)N)NC(=O)C1CSSC[C@@H](NC(=O)[C@@H](N)Cc2ccc(O)cc2)C(=O)NCC(=O)NC(Cc2ccccc2)C(=O)N1)[C@@H](C)CC. The summed E-state index contributed by atoms with van der Waals surface area (Å²) in [5, 5.41) is 28.6. The first-order valence-corrected chi connectivity index (χ1v) is 26.5. The van der Waals surface area contributed by atoms with Crippen molar-refractivity contribution in [2.75, 3.05) is 44.7 Å². The largest absolute Gasteiger partial charge is 0.508 e. The number of phenols is 1. The average Bonchev–Trinajstić information content (AvgIpc) is 3.35. The molecule has 0 radical (unpaired) electrons. The highest BCUT2D eigenvalue weighted by atomic mass is 33.1. The third-order valence-electron chi connectivity index (χ3n) is 11.7. The van der Waals surface area contributed by atoms with E-state index >= 15 is 0 Å². The van der Waals surface area contributed by atoms with Crippen molar-refractivity contribution in [3.05, 3.63) is 65.7 Å². The third kappa shape index (κ3) is 21.4. The van der Waals surface area contributed by atoms with Crippen molar-refractivity contribution in [1.82, 2.24) is 42.1 Å². The molecule has 0 bridgehead atoms. The Morgan fingerprint density at radius 1 is 0.808 bits per heavy atom. The van der Waals surface area contributed by atoms with Crippen molar-refractivity contribution in [1.29, 1.82) is 0 Å². The molecule has 1 saturated heterocycles. The molecule has 1 heterocycles. The molecule has 0 saturated carbocycles. The molecule has 402 valence electrons. The van der Waals surface area contributed by atoms with E-state index in [0.717, 1.165) is 21.6 Å². The van der Waals surface area contributed by atoms with E-state index in [1.165, 1.54) is 24.1 Å². The van der Waals surface area contributed by atoms with E-state index in [9.17, 15) is 43.5 Å². The molecule has 1 fully saturated rings. The van der Waals surface area contributed by atoms with Crippen LogP contribution in [0, 0.1) is 5.92 Å². The number of guanidine groups is 2. The maximum atomic E-state index is 14.7. The number of amides is 8. The summed E-state index contributed by atoms with van der Waals surface area (Å²) in [5.41, 5.74) is 29.8. The van der Waals surface area contributed by atoms with E-state index in [0.29, 0.717) is 24.1 Å². The van der Waals surface area contributed by atoms with Crippen LogP contribution >= 0.6 is 21.6 Å². The zero-order valence-corrected chi connectivity index (χ0v) is 43.4. The smallest absolute Gasteiger partial charge is 0.245 e. The first-order valence-electron chi connectivity index (χ1n) is 24.0. The lowest BCUT2D eigenvalue weighted by Crippen LogP contribution is -2.60. The van der Waals surface area contributed by atoms with Crippen LogP contribution in [-0.2, 0) is 51.2 Å². The van der Waals surface area contributed by atoms with Crippen LogP contribution in [0.2, 0.25) is 0 Å². The highest BCUT2D eigenvalue weighted by Gasteiger charge is 2.37. The van der Waals surface area contributed by atoms with Gasteiger partial charge >= 0.3 is 0 Å². The van der Waals surface area contributed by atoms with Gasteiger partial charge < -0.3 is 75.9 Å². The van der Waals surface area contributed by atoms with Gasteiger partial charge in [0.1, 0.15) is 42.0 Å². The van der Waals surface area contributed by atoms with E-state index in [2.05, 4.69) is 47.2 Å². The maximum absolute atomic E-state index is 14.7. The first kappa shape index (κ1) is 60.5. The number of nitrogens with one attached hydrogen (secondary N) is 7. The van der Waals surface area contributed by atoms with Crippen LogP contribution in [-0.4, -0.2) is 156 Å². The molecular weight excluding hydrogens is 983 g/mol. The van der Waals surface area contributed by atoms with Crippen molar-refractivity contribution < 1.29 is 43.5 Å². The van der Waals surface area contributed by atoms with E-state index in [1.807, 2.05) is 13.8 Å². The monoisotopic (exact) mass is 1060 g/mol. The lowest BCUT2D eigenvalue weighted by molar-refractivity contribution is -0.143. The lowest BCUT2D eigenvalue weighted by atomic mass is 9.97. The lowest BCUT2D eigenvalue weighted by Gasteiger charge is -2.33. The summed E-state index contributed by atoms with van der Waals surface area (Å²) in [4.78, 5) is 120. The van der Waals surface area contributed by atoms with E-state index < -0.39 is 96.1 Å². The number of hydrogen-bond donors (Lipinski definition) is 13. The molecule has 24 nitrogen and oxygen atoms in total. The van der Waals surface area contributed by atoms with E-state index in [1.54, 1.807) is 49.4 Å². The summed E-state index contributed by atoms with van der Waals surface area (Å²) in [6, 6.07) is 6.53. The fraction of sp³-hybridized carbons (Fsp3) is 0.532. The molecule has 0 spiro atoms. The van der Waals surface area contributed by atoms with Gasteiger partial charge in [-0.1, -0.05) is 84.3 Å². The minimum Gasteiger partial charge on any atom is -0.508 e. The zero-order chi connectivity index (χ0) is 54.0. The normalized spacial score (nSPS) is 18.5. The van der Waals surface area contributed by atoms with Crippen molar-refractivity contribution in [2.45, 2.75) is 108 Å². The molecule has 1 aliphatic rings. The van der Waals surface area contributed by atoms with Crippen LogP contribution in [0.1, 0.15) is 64.0 Å². The molecule has 2 aromatic rings. The third-order valence-corrected chi connectivity index (χ3v) is 14.1. The number of carbonyl (C=O) groups is 8. The fourth-order valence-corrected chi connectivity index (χ4v) is 9.71. The van der Waals surface area contributed by atoms with E-state index in [4.69, 9.17) is 28.7 Å². The zero-order valence-electron chi connectivity index (χ0n) is 41.8. The number of hydrogen-bond acceptors (Lipinski definition) is 14. The van der Waals surface area contributed by atoms with Gasteiger partial charge in [0.25, 0.3) is 0 Å². The van der Waals surface area contributed by atoms with Gasteiger partial charge in [-0.2, -0.15) is 0 Å². The second-order valence-corrected chi connectivity index (χ2v) is 19.9. The number of rotatable bonds is 24. The number of aliphatic imine (C=N–C) groups is 2. The highest BCUT2D eigenvalue weighted by Crippen LogP contribution is 2.24. The second kappa shape index (κ2) is 31.6. The minimum atomic E-state index is -1.37. The van der Waals surface area contributed by atoms with Crippen LogP contribution in [0.5, 0.6) is 5.75 Å². The standard InChI is InChI=1S/C47H73N15O9S2/c1-5-27(3)38(44(70)53-6-2)61-43(69)36(15-11-21-55-47(51)52)62(4)45(71)32(14-10-20-54-46(49)50)58-42(68)35-26-73-72-25-34(59-39(65)31(48)22-29-16-18-30(63)19-17-29)40(66)56-24-37(64)57-33(41(67)60-35)23-28-12-8-7-9-13-28/h7-9,12-13,16-19,27,31-36,38,63H,5-6,10-11,14-15,20-26,48H2,1-4H3,(H,53,70)(H,56,66)(H,57,64)(H,58,68)(H,59,65)(H,60,67)(H,61,69)(H4,49,50,54)(H4,51,52,55)/t27-,31-,32-,33?,34+,35?,36-,38-/m0/s1. The van der Waals surface area contributed by atoms with Gasteiger partial charge in [0, 0.05) is 44.6 Å². The van der Waals surface area contributed by atoms with Crippen molar-refractivity contribution in [3.63, 3.8) is 0 Å². The minimum absolute atomic E-state index is 0.0124. The van der Waals surface area contributed by atoms with Gasteiger partial charge in [-0.3, -0.25) is 48.3 Å². The Hall–Kier alpha value is -6.80. The number of nitrogens with two attached hydrogens (primary N) is 5. The molecular formula is C47H73N15O9S2. The average molecular weight is 1060 g/mol. The van der Waals surface area contributed by atoms with Crippen molar-refractivity contribution >= 4 is 80.8 Å². The summed E-state index contributed by atoms with van der Waals surface area (Å²) in [7, 11) is 3.57. The van der Waals surface area contributed by atoms with Gasteiger partial charge in [0.05, 0.1) is 12.6 Å². The van der Waals surface area contributed by atoms with Crippen LogP contribution in [0.25, 0.3) is 0 Å². The second-order valence-electron chi connectivity index (χ2n) is 17.4. The molecule has 2 aromatic carbocycles. The maximum Gasteiger partial charge on any atom is 0.245 e. The molecule has 26 heteroatoms. The molecule has 0 aliphatic carbocycles. The number of phenolic OH excluding ortho intramolecular Hbond substituents is 1. The van der Waals surface area contributed by atoms with Gasteiger partial charge in [0.2, 0.25) is 47.3 Å². The number of carbonyl (C=O) groups excluding carboxylic acids is 8. The topological polar surface area (TPSA) is 399 Å². The number of benzene rings is 2. The molecule has 0 aromatic heterocycles. The molecule has 8 atom stereocenters. The predicted octanol–water partition coefficient (Wildman–Crippen LogP) is -2.44. The molecule has 3 rings (SSSR count). The fourth-order valence-electron chi connectivity index (χ4n) is 7.38. The molecule has 73 heavy (non-hydrogen) atoms. The van der Waals surface area contributed by atoms with Gasteiger partial charge in [-0.05, 0) is 68.2 Å². The molecule has 1 aliphatic heterocycles. The summed E-state index contributed by atoms with van der Waals surface area (Å²) < 4.78 is 0. The Morgan fingerprint density at radius 3 is 2.05 bits per heavy atom. The summed E-state index contributed by atoms with van der Waals surface area (Å²) in [6.45, 7) is 5.37. The Morgan fingerprint density at radius 2 is 1.44 bits per heavy atom. The van der Waals surface area contributed by atoms with Crippen molar-refractivity contribution in [2.24, 2.45) is 44.6 Å². The first-order chi connectivity index (χ1) is 34.7.